The molecule has 0 amide bonds. The Morgan fingerprint density at radius 1 is 1.30 bits per heavy atom. The van der Waals surface area contributed by atoms with E-state index in [-0.39, 0.29) is 0 Å². The molecule has 0 saturated carbocycles. The fraction of sp³-hybridized carbons (Fsp3) is 0.667. The zero-order chi connectivity index (χ0) is 13.9. The van der Waals surface area contributed by atoms with Crippen molar-refractivity contribution in [3.8, 4) is 0 Å². The van der Waals surface area contributed by atoms with Crippen molar-refractivity contribution in [3.05, 3.63) is 22.8 Å². The highest BCUT2D eigenvalue weighted by atomic mass is 35.5. The van der Waals surface area contributed by atoms with Gasteiger partial charge in [-0.3, -0.25) is 4.90 Å². The monoisotopic (exact) mass is 294 g/mol. The highest BCUT2D eigenvalue weighted by Gasteiger charge is 2.29. The van der Waals surface area contributed by atoms with Crippen LogP contribution in [0.2, 0.25) is 5.02 Å². The van der Waals surface area contributed by atoms with E-state index >= 15 is 0 Å². The first-order chi connectivity index (χ1) is 9.78. The number of anilines is 1. The number of nitrogens with zero attached hydrogens (tertiary/aromatic N) is 3. The lowest BCUT2D eigenvalue weighted by Crippen LogP contribution is -2.37. The lowest BCUT2D eigenvalue weighted by atomic mass is 10.2. The fourth-order valence-corrected chi connectivity index (χ4v) is 3.53. The summed E-state index contributed by atoms with van der Waals surface area (Å²) in [4.78, 5) is 9.83. The van der Waals surface area contributed by atoms with Crippen LogP contribution in [0.1, 0.15) is 25.0 Å². The molecule has 1 aromatic heterocycles. The summed E-state index contributed by atoms with van der Waals surface area (Å²) in [6.07, 6.45) is 3.90. The Kier molecular flexibility index (Phi) is 4.44. The minimum Gasteiger partial charge on any atom is -0.355 e. The molecule has 3 rings (SSSR count). The van der Waals surface area contributed by atoms with Gasteiger partial charge < -0.3 is 10.2 Å². The van der Waals surface area contributed by atoms with Gasteiger partial charge in [0.15, 0.2) is 0 Å². The molecule has 0 bridgehead atoms. The van der Waals surface area contributed by atoms with Crippen LogP contribution in [0.3, 0.4) is 0 Å². The highest BCUT2D eigenvalue weighted by Crippen LogP contribution is 2.25. The average Bonchev–Trinajstić information content (AvgIpc) is 2.79. The van der Waals surface area contributed by atoms with E-state index in [0.717, 1.165) is 36.2 Å². The van der Waals surface area contributed by atoms with E-state index in [9.17, 15) is 0 Å². The Morgan fingerprint density at radius 2 is 2.15 bits per heavy atom. The molecule has 1 unspecified atom stereocenters. The molecule has 2 aliphatic rings. The van der Waals surface area contributed by atoms with Crippen LogP contribution in [0.25, 0.3) is 0 Å². The van der Waals surface area contributed by atoms with E-state index in [1.165, 1.54) is 32.4 Å². The number of pyridine rings is 1. The second kappa shape index (κ2) is 6.29. The number of fused-ring (bicyclic) bond motifs is 1. The lowest BCUT2D eigenvalue weighted by molar-refractivity contribution is 0.273. The first-order valence-electron chi connectivity index (χ1n) is 7.57. The molecule has 110 valence electrons. The molecular formula is C15H23ClN4. The molecule has 0 spiro atoms. The minimum absolute atomic E-state index is 0.711. The number of hydrogen-bond acceptors (Lipinski definition) is 4. The zero-order valence-electron chi connectivity index (χ0n) is 12.1. The van der Waals surface area contributed by atoms with Crippen molar-refractivity contribution in [1.29, 1.82) is 0 Å². The molecule has 4 nitrogen and oxygen atoms in total. The Labute approximate surface area is 126 Å². The Morgan fingerprint density at radius 3 is 3.00 bits per heavy atom. The SMILES string of the molecule is CNCc1nc(N2CCCN3CCCC3C2)ccc1Cl. The van der Waals surface area contributed by atoms with Gasteiger partial charge in [0.2, 0.25) is 0 Å². The number of rotatable bonds is 3. The van der Waals surface area contributed by atoms with Crippen LogP contribution in [0.5, 0.6) is 0 Å². The van der Waals surface area contributed by atoms with E-state index < -0.39 is 0 Å². The topological polar surface area (TPSA) is 31.4 Å². The molecule has 0 radical (unpaired) electrons. The molecule has 0 aromatic carbocycles. The molecule has 5 heteroatoms. The highest BCUT2D eigenvalue weighted by molar-refractivity contribution is 6.31. The zero-order valence-corrected chi connectivity index (χ0v) is 12.9. The minimum atomic E-state index is 0.711. The number of halogens is 1. The molecule has 2 fully saturated rings. The van der Waals surface area contributed by atoms with E-state index in [4.69, 9.17) is 16.6 Å². The van der Waals surface area contributed by atoms with Gasteiger partial charge in [-0.15, -0.1) is 0 Å². The predicted octanol–water partition coefficient (Wildman–Crippen LogP) is 2.13. The second-order valence-electron chi connectivity index (χ2n) is 5.76. The van der Waals surface area contributed by atoms with Crippen molar-refractivity contribution in [3.63, 3.8) is 0 Å². The first-order valence-corrected chi connectivity index (χ1v) is 7.95. The van der Waals surface area contributed by atoms with Crippen molar-refractivity contribution in [1.82, 2.24) is 15.2 Å². The van der Waals surface area contributed by atoms with Gasteiger partial charge in [-0.2, -0.15) is 0 Å². The van der Waals surface area contributed by atoms with Crippen molar-refractivity contribution in [2.45, 2.75) is 31.8 Å². The molecule has 20 heavy (non-hydrogen) atoms. The average molecular weight is 295 g/mol. The summed E-state index contributed by atoms with van der Waals surface area (Å²) in [5, 5.41) is 3.88. The van der Waals surface area contributed by atoms with E-state index in [0.29, 0.717) is 6.04 Å². The Balaban J connectivity index is 1.79. The fourth-order valence-electron chi connectivity index (χ4n) is 3.36. The van der Waals surface area contributed by atoms with Crippen LogP contribution < -0.4 is 10.2 Å². The van der Waals surface area contributed by atoms with Crippen LogP contribution in [-0.4, -0.2) is 49.2 Å². The molecular weight excluding hydrogens is 272 g/mol. The maximum atomic E-state index is 6.21. The number of hydrogen-bond donors (Lipinski definition) is 1. The summed E-state index contributed by atoms with van der Waals surface area (Å²) in [5.41, 5.74) is 0.944. The van der Waals surface area contributed by atoms with Gasteiger partial charge in [0.1, 0.15) is 5.82 Å². The molecule has 1 atom stereocenters. The van der Waals surface area contributed by atoms with Gasteiger partial charge in [-0.25, -0.2) is 4.98 Å². The molecule has 1 aromatic rings. The Bertz CT molecular complexity index is 465. The van der Waals surface area contributed by atoms with Crippen LogP contribution in [-0.2, 0) is 6.54 Å². The molecule has 2 aliphatic heterocycles. The van der Waals surface area contributed by atoms with Gasteiger partial charge >= 0.3 is 0 Å². The van der Waals surface area contributed by atoms with Gasteiger partial charge in [-0.1, -0.05) is 11.6 Å². The van der Waals surface area contributed by atoms with Crippen molar-refractivity contribution in [2.75, 3.05) is 38.1 Å². The third kappa shape index (κ3) is 2.92. The van der Waals surface area contributed by atoms with Crippen LogP contribution in [0, 0.1) is 0 Å². The summed E-state index contributed by atoms with van der Waals surface area (Å²) < 4.78 is 0. The summed E-state index contributed by atoms with van der Waals surface area (Å²) in [6, 6.07) is 4.75. The smallest absolute Gasteiger partial charge is 0.129 e. The number of aromatic nitrogens is 1. The predicted molar refractivity (Wildman–Crippen MR) is 83.4 cm³/mol. The molecule has 2 saturated heterocycles. The van der Waals surface area contributed by atoms with E-state index in [1.54, 1.807) is 0 Å². The molecule has 1 N–H and O–H groups in total. The second-order valence-corrected chi connectivity index (χ2v) is 6.17. The van der Waals surface area contributed by atoms with Crippen molar-refractivity contribution >= 4 is 17.4 Å². The van der Waals surface area contributed by atoms with Gasteiger partial charge in [0.25, 0.3) is 0 Å². The first kappa shape index (κ1) is 14.1. The summed E-state index contributed by atoms with van der Waals surface area (Å²) in [6.45, 7) is 5.43. The van der Waals surface area contributed by atoms with E-state index in [2.05, 4.69) is 21.2 Å². The molecule has 3 heterocycles. The van der Waals surface area contributed by atoms with Crippen molar-refractivity contribution in [2.24, 2.45) is 0 Å². The summed E-state index contributed by atoms with van der Waals surface area (Å²) in [5.74, 6) is 1.08. The largest absolute Gasteiger partial charge is 0.355 e. The van der Waals surface area contributed by atoms with E-state index in [1.807, 2.05) is 13.1 Å². The standard InChI is InChI=1S/C15H23ClN4/c1-17-10-14-13(16)5-6-15(18-14)20-9-3-8-19-7-2-4-12(19)11-20/h5-6,12,17H,2-4,7-11H2,1H3. The van der Waals surface area contributed by atoms with Crippen LogP contribution >= 0.6 is 11.6 Å². The third-order valence-corrected chi connectivity index (χ3v) is 4.72. The molecule has 0 aliphatic carbocycles. The summed E-state index contributed by atoms with van der Waals surface area (Å²) >= 11 is 6.21. The van der Waals surface area contributed by atoms with Gasteiger partial charge in [0, 0.05) is 32.2 Å². The van der Waals surface area contributed by atoms with Crippen molar-refractivity contribution < 1.29 is 0 Å². The lowest BCUT2D eigenvalue weighted by Gasteiger charge is -2.26. The van der Waals surface area contributed by atoms with Crippen LogP contribution in [0.4, 0.5) is 5.82 Å². The third-order valence-electron chi connectivity index (χ3n) is 4.38. The maximum absolute atomic E-state index is 6.21. The maximum Gasteiger partial charge on any atom is 0.129 e. The normalized spacial score (nSPS) is 23.7. The number of nitrogens with one attached hydrogen (secondary N) is 1. The Hall–Kier alpha value is -0.840. The van der Waals surface area contributed by atoms with Gasteiger partial charge in [0.05, 0.1) is 10.7 Å². The quantitative estimate of drug-likeness (QED) is 0.925. The van der Waals surface area contributed by atoms with Gasteiger partial charge in [-0.05, 0) is 45.0 Å². The summed E-state index contributed by atoms with van der Waals surface area (Å²) in [7, 11) is 1.92. The van der Waals surface area contributed by atoms with Crippen LogP contribution in [0.15, 0.2) is 12.1 Å².